The Morgan fingerprint density at radius 3 is 2.50 bits per heavy atom. The van der Waals surface area contributed by atoms with E-state index in [0.717, 1.165) is 24.3 Å². The maximum Gasteiger partial charge on any atom is 0.138 e. The van der Waals surface area contributed by atoms with Crippen LogP contribution in [0.5, 0.6) is 5.75 Å². The van der Waals surface area contributed by atoms with Gasteiger partial charge in [0.15, 0.2) is 0 Å². The number of hydrogen-bond donors (Lipinski definition) is 1. The molecule has 1 heterocycles. The van der Waals surface area contributed by atoms with Gasteiger partial charge in [-0.1, -0.05) is 13.8 Å². The van der Waals surface area contributed by atoms with Crippen LogP contribution in [0.3, 0.4) is 0 Å². The first kappa shape index (κ1) is 13.0. The van der Waals surface area contributed by atoms with E-state index in [2.05, 4.69) is 32.7 Å². The molecule has 0 saturated heterocycles. The molecule has 1 rings (SSSR count). The van der Waals surface area contributed by atoms with Crippen LogP contribution in [-0.4, -0.2) is 10.6 Å². The average Bonchev–Trinajstić information content (AvgIpc) is 2.28. The van der Waals surface area contributed by atoms with Crippen LogP contribution in [0.25, 0.3) is 0 Å². The monoisotopic (exact) mass is 222 g/mol. The Kier molecular flexibility index (Phi) is 4.30. The van der Waals surface area contributed by atoms with Crippen LogP contribution in [0.4, 0.5) is 0 Å². The van der Waals surface area contributed by atoms with Crippen LogP contribution in [0.1, 0.15) is 52.3 Å². The minimum Gasteiger partial charge on any atom is -0.486 e. The molecule has 0 aromatic carbocycles. The molecular weight excluding hydrogens is 200 g/mol. The summed E-state index contributed by atoms with van der Waals surface area (Å²) in [6.45, 7) is 8.29. The van der Waals surface area contributed by atoms with E-state index in [0.29, 0.717) is 0 Å². The molecule has 0 amide bonds. The van der Waals surface area contributed by atoms with Crippen molar-refractivity contribution in [3.63, 3.8) is 0 Å². The molecular formula is C13H22N2O. The zero-order chi connectivity index (χ0) is 12.2. The molecule has 0 bridgehead atoms. The summed E-state index contributed by atoms with van der Waals surface area (Å²) in [4.78, 5) is 4.32. The van der Waals surface area contributed by atoms with E-state index in [1.807, 2.05) is 12.1 Å². The molecule has 0 radical (unpaired) electrons. The van der Waals surface area contributed by atoms with Crippen molar-refractivity contribution < 1.29 is 4.74 Å². The zero-order valence-corrected chi connectivity index (χ0v) is 10.7. The highest BCUT2D eigenvalue weighted by atomic mass is 16.5. The van der Waals surface area contributed by atoms with Gasteiger partial charge in [-0.15, -0.1) is 0 Å². The minimum absolute atomic E-state index is 0.0215. The molecule has 16 heavy (non-hydrogen) atoms. The van der Waals surface area contributed by atoms with E-state index in [-0.39, 0.29) is 11.6 Å². The maximum absolute atomic E-state index is 5.89. The van der Waals surface area contributed by atoms with Crippen LogP contribution < -0.4 is 10.5 Å². The van der Waals surface area contributed by atoms with E-state index < -0.39 is 0 Å². The molecule has 3 heteroatoms. The molecule has 0 unspecified atom stereocenters. The van der Waals surface area contributed by atoms with E-state index in [9.17, 15) is 0 Å². The molecule has 2 N–H and O–H groups in total. The summed E-state index contributed by atoms with van der Waals surface area (Å²) in [5, 5.41) is 0. The first-order valence-electron chi connectivity index (χ1n) is 5.89. The lowest BCUT2D eigenvalue weighted by atomic mass is 10.1. The summed E-state index contributed by atoms with van der Waals surface area (Å²) in [7, 11) is 0. The van der Waals surface area contributed by atoms with Gasteiger partial charge in [0.25, 0.3) is 0 Å². The van der Waals surface area contributed by atoms with Gasteiger partial charge in [0.2, 0.25) is 0 Å². The fraction of sp³-hybridized carbons (Fsp3) is 0.615. The number of aromatic nitrogens is 1. The second kappa shape index (κ2) is 5.30. The minimum atomic E-state index is -0.143. The summed E-state index contributed by atoms with van der Waals surface area (Å²) in [6.07, 6.45) is 3.61. The van der Waals surface area contributed by atoms with Gasteiger partial charge in [0, 0.05) is 6.04 Å². The van der Waals surface area contributed by atoms with Gasteiger partial charge in [-0.05, 0) is 38.8 Å². The third-order valence-corrected chi connectivity index (χ3v) is 2.82. The van der Waals surface area contributed by atoms with E-state index >= 15 is 0 Å². The van der Waals surface area contributed by atoms with Crippen LogP contribution in [0.15, 0.2) is 18.3 Å². The number of nitrogens with zero attached hydrogens (tertiary/aromatic N) is 1. The third-order valence-electron chi connectivity index (χ3n) is 2.82. The Balaban J connectivity index is 2.72. The van der Waals surface area contributed by atoms with Gasteiger partial charge in [0.05, 0.1) is 11.9 Å². The average molecular weight is 222 g/mol. The standard InChI is InChI=1S/C13H22N2O/c1-5-11(14)12-8-7-10(9-15-12)16-13(3,4)6-2/h7-9,11H,5-6,14H2,1-4H3/t11-/m1/s1. The van der Waals surface area contributed by atoms with Gasteiger partial charge < -0.3 is 10.5 Å². The normalized spacial score (nSPS) is 13.6. The Labute approximate surface area is 98.0 Å². The molecule has 90 valence electrons. The Morgan fingerprint density at radius 2 is 2.06 bits per heavy atom. The van der Waals surface area contributed by atoms with Crippen molar-refractivity contribution in [2.45, 2.75) is 52.2 Å². The summed E-state index contributed by atoms with van der Waals surface area (Å²) in [5.74, 6) is 0.805. The molecule has 0 aliphatic rings. The van der Waals surface area contributed by atoms with Gasteiger partial charge >= 0.3 is 0 Å². The van der Waals surface area contributed by atoms with Gasteiger partial charge in [-0.2, -0.15) is 0 Å². The Morgan fingerprint density at radius 1 is 1.38 bits per heavy atom. The fourth-order valence-electron chi connectivity index (χ4n) is 1.27. The highest BCUT2D eigenvalue weighted by Crippen LogP contribution is 2.21. The van der Waals surface area contributed by atoms with E-state index in [4.69, 9.17) is 10.5 Å². The highest BCUT2D eigenvalue weighted by molar-refractivity contribution is 5.22. The van der Waals surface area contributed by atoms with Crippen molar-refractivity contribution in [1.82, 2.24) is 4.98 Å². The first-order chi connectivity index (χ1) is 7.48. The van der Waals surface area contributed by atoms with Crippen molar-refractivity contribution in [2.24, 2.45) is 5.73 Å². The maximum atomic E-state index is 5.89. The molecule has 0 saturated carbocycles. The quantitative estimate of drug-likeness (QED) is 0.833. The van der Waals surface area contributed by atoms with Crippen molar-refractivity contribution in [2.75, 3.05) is 0 Å². The molecule has 1 aromatic rings. The number of nitrogens with two attached hydrogens (primary N) is 1. The summed E-state index contributed by atoms with van der Waals surface area (Å²) >= 11 is 0. The lowest BCUT2D eigenvalue weighted by Gasteiger charge is -2.24. The predicted molar refractivity (Wildman–Crippen MR) is 66.5 cm³/mol. The Hall–Kier alpha value is -1.09. The Bertz CT molecular complexity index is 319. The number of hydrogen-bond acceptors (Lipinski definition) is 3. The smallest absolute Gasteiger partial charge is 0.138 e. The molecule has 1 atom stereocenters. The van der Waals surface area contributed by atoms with Crippen LogP contribution in [0.2, 0.25) is 0 Å². The van der Waals surface area contributed by atoms with E-state index in [1.165, 1.54) is 0 Å². The molecule has 0 aliphatic carbocycles. The molecule has 0 aliphatic heterocycles. The fourth-order valence-corrected chi connectivity index (χ4v) is 1.27. The topological polar surface area (TPSA) is 48.1 Å². The SMILES string of the molecule is CC[C@@H](N)c1ccc(OC(C)(C)CC)cn1. The molecule has 0 spiro atoms. The molecule has 3 nitrogen and oxygen atoms in total. The molecule has 1 aromatic heterocycles. The van der Waals surface area contributed by atoms with Crippen LogP contribution >= 0.6 is 0 Å². The van der Waals surface area contributed by atoms with Crippen molar-refractivity contribution in [3.8, 4) is 5.75 Å². The second-order valence-electron chi connectivity index (χ2n) is 4.65. The van der Waals surface area contributed by atoms with Gasteiger partial charge in [0.1, 0.15) is 11.4 Å². The largest absolute Gasteiger partial charge is 0.486 e. The summed E-state index contributed by atoms with van der Waals surface area (Å²) < 4.78 is 5.82. The number of ether oxygens (including phenoxy) is 1. The van der Waals surface area contributed by atoms with Crippen LogP contribution in [0, 0.1) is 0 Å². The van der Waals surface area contributed by atoms with Gasteiger partial charge in [-0.25, -0.2) is 0 Å². The second-order valence-corrected chi connectivity index (χ2v) is 4.65. The number of pyridine rings is 1. The number of rotatable bonds is 5. The lowest BCUT2D eigenvalue weighted by molar-refractivity contribution is 0.105. The van der Waals surface area contributed by atoms with Crippen LogP contribution in [-0.2, 0) is 0 Å². The van der Waals surface area contributed by atoms with Gasteiger partial charge in [-0.3, -0.25) is 4.98 Å². The van der Waals surface area contributed by atoms with E-state index in [1.54, 1.807) is 6.20 Å². The van der Waals surface area contributed by atoms with Crippen molar-refractivity contribution in [1.29, 1.82) is 0 Å². The molecule has 0 fully saturated rings. The highest BCUT2D eigenvalue weighted by Gasteiger charge is 2.17. The van der Waals surface area contributed by atoms with Crippen molar-refractivity contribution >= 4 is 0 Å². The first-order valence-corrected chi connectivity index (χ1v) is 5.89. The summed E-state index contributed by atoms with van der Waals surface area (Å²) in [5.41, 5.74) is 6.67. The van der Waals surface area contributed by atoms with Crippen molar-refractivity contribution in [3.05, 3.63) is 24.0 Å². The lowest BCUT2D eigenvalue weighted by Crippen LogP contribution is -2.26. The predicted octanol–water partition coefficient (Wildman–Crippen LogP) is 3.06. The zero-order valence-electron chi connectivity index (χ0n) is 10.7. The summed E-state index contributed by atoms with van der Waals surface area (Å²) in [6, 6.07) is 3.90. The third kappa shape index (κ3) is 3.49.